The molecule has 3 N–H and O–H groups in total. The highest BCUT2D eigenvalue weighted by atomic mass is 35.5. The molecule has 6 heteroatoms. The molecule has 1 aromatic carbocycles. The summed E-state index contributed by atoms with van der Waals surface area (Å²) < 4.78 is 1.72. The molecule has 18 heavy (non-hydrogen) atoms. The van der Waals surface area contributed by atoms with E-state index in [1.165, 1.54) is 0 Å². The number of nitrogens with zero attached hydrogens (tertiary/aromatic N) is 2. The summed E-state index contributed by atoms with van der Waals surface area (Å²) in [7, 11) is 0. The lowest BCUT2D eigenvalue weighted by Crippen LogP contribution is -2.12. The fourth-order valence-corrected chi connectivity index (χ4v) is 1.79. The molecule has 2 aromatic rings. The van der Waals surface area contributed by atoms with Crippen LogP contribution in [0.15, 0.2) is 30.6 Å². The molecular weight excluding hydrogens is 252 g/mol. The number of aromatic nitrogens is 2. The zero-order chi connectivity index (χ0) is 13.1. The van der Waals surface area contributed by atoms with Gasteiger partial charge in [-0.15, -0.1) is 0 Å². The Kier molecular flexibility index (Phi) is 3.53. The Morgan fingerprint density at radius 3 is 2.94 bits per heavy atom. The van der Waals surface area contributed by atoms with E-state index < -0.39 is 0 Å². The highest BCUT2D eigenvalue weighted by Crippen LogP contribution is 2.20. The monoisotopic (exact) mass is 264 g/mol. The molecule has 0 radical (unpaired) electrons. The number of nitrogens with two attached hydrogens (primary N) is 1. The molecule has 1 aromatic heterocycles. The largest absolute Gasteiger partial charge is 0.399 e. The summed E-state index contributed by atoms with van der Waals surface area (Å²) in [6.07, 6.45) is 3.34. The molecule has 0 saturated carbocycles. The predicted octanol–water partition coefficient (Wildman–Crippen LogP) is 2.39. The smallest absolute Gasteiger partial charge is 0.257 e. The summed E-state index contributed by atoms with van der Waals surface area (Å²) in [5.74, 6) is -0.282. The van der Waals surface area contributed by atoms with Crippen LogP contribution in [0.25, 0.3) is 0 Å². The lowest BCUT2D eigenvalue weighted by atomic mass is 10.2. The predicted molar refractivity (Wildman–Crippen MR) is 71.7 cm³/mol. The van der Waals surface area contributed by atoms with Crippen molar-refractivity contribution >= 4 is 28.9 Å². The summed E-state index contributed by atoms with van der Waals surface area (Å²) in [5.41, 5.74) is 7.11. The number of benzene rings is 1. The van der Waals surface area contributed by atoms with E-state index in [1.807, 2.05) is 6.92 Å². The first-order chi connectivity index (χ1) is 8.60. The molecule has 0 aliphatic carbocycles. The van der Waals surface area contributed by atoms with Gasteiger partial charge in [0.1, 0.15) is 0 Å². The number of anilines is 2. The van der Waals surface area contributed by atoms with E-state index in [0.29, 0.717) is 22.0 Å². The third-order valence-electron chi connectivity index (χ3n) is 2.45. The minimum Gasteiger partial charge on any atom is -0.399 e. The summed E-state index contributed by atoms with van der Waals surface area (Å²) >= 11 is 5.96. The van der Waals surface area contributed by atoms with E-state index in [4.69, 9.17) is 17.3 Å². The second-order valence-electron chi connectivity index (χ2n) is 3.78. The summed E-state index contributed by atoms with van der Waals surface area (Å²) in [6, 6.07) is 4.78. The van der Waals surface area contributed by atoms with Gasteiger partial charge < -0.3 is 11.1 Å². The first-order valence-corrected chi connectivity index (χ1v) is 5.86. The minimum atomic E-state index is -0.282. The number of hydrogen-bond donors (Lipinski definition) is 2. The van der Waals surface area contributed by atoms with Crippen molar-refractivity contribution in [1.82, 2.24) is 9.78 Å². The van der Waals surface area contributed by atoms with Gasteiger partial charge in [0.15, 0.2) is 0 Å². The Morgan fingerprint density at radius 1 is 1.56 bits per heavy atom. The van der Waals surface area contributed by atoms with E-state index in [2.05, 4.69) is 10.4 Å². The third kappa shape index (κ3) is 2.62. The Bertz CT molecular complexity index is 579. The fourth-order valence-electron chi connectivity index (χ4n) is 1.51. The van der Waals surface area contributed by atoms with Gasteiger partial charge in [0.2, 0.25) is 0 Å². The molecule has 94 valence electrons. The van der Waals surface area contributed by atoms with Gasteiger partial charge in [0.05, 0.1) is 22.5 Å². The molecule has 1 heterocycles. The van der Waals surface area contributed by atoms with E-state index in [-0.39, 0.29) is 5.91 Å². The van der Waals surface area contributed by atoms with Gasteiger partial charge in [-0.2, -0.15) is 5.10 Å². The Balaban J connectivity index is 2.16. The number of halogens is 1. The maximum absolute atomic E-state index is 12.0. The second-order valence-corrected chi connectivity index (χ2v) is 4.19. The molecule has 0 aliphatic heterocycles. The van der Waals surface area contributed by atoms with Crippen molar-refractivity contribution in [2.45, 2.75) is 13.5 Å². The van der Waals surface area contributed by atoms with Crippen molar-refractivity contribution in [1.29, 1.82) is 0 Å². The first kappa shape index (κ1) is 12.4. The van der Waals surface area contributed by atoms with Crippen molar-refractivity contribution in [3.05, 3.63) is 41.2 Å². The average Bonchev–Trinajstić information content (AvgIpc) is 2.76. The molecule has 5 nitrogen and oxygen atoms in total. The molecule has 0 spiro atoms. The van der Waals surface area contributed by atoms with Crippen LogP contribution in [-0.4, -0.2) is 15.7 Å². The molecule has 0 bridgehead atoms. The zero-order valence-electron chi connectivity index (χ0n) is 9.85. The highest BCUT2D eigenvalue weighted by molar-refractivity contribution is 6.34. The van der Waals surface area contributed by atoms with Gasteiger partial charge in [0, 0.05) is 18.4 Å². The summed E-state index contributed by atoms with van der Waals surface area (Å²) in [5, 5.41) is 7.12. The number of nitrogens with one attached hydrogen (secondary N) is 1. The molecule has 0 saturated heterocycles. The lowest BCUT2D eigenvalue weighted by molar-refractivity contribution is 0.102. The fraction of sp³-hybridized carbons (Fsp3) is 0.167. The Hall–Kier alpha value is -2.01. The van der Waals surface area contributed by atoms with Crippen LogP contribution in [0.5, 0.6) is 0 Å². The van der Waals surface area contributed by atoms with E-state index in [1.54, 1.807) is 35.3 Å². The number of aryl methyl sites for hydroxylation is 1. The molecular formula is C12H13ClN4O. The zero-order valence-corrected chi connectivity index (χ0v) is 10.6. The van der Waals surface area contributed by atoms with Crippen molar-refractivity contribution < 1.29 is 4.79 Å². The van der Waals surface area contributed by atoms with Crippen LogP contribution in [-0.2, 0) is 6.54 Å². The van der Waals surface area contributed by atoms with Gasteiger partial charge in [-0.25, -0.2) is 0 Å². The van der Waals surface area contributed by atoms with E-state index >= 15 is 0 Å². The van der Waals surface area contributed by atoms with Crippen molar-refractivity contribution in [2.24, 2.45) is 0 Å². The van der Waals surface area contributed by atoms with Crippen molar-refractivity contribution in [2.75, 3.05) is 11.1 Å². The van der Waals surface area contributed by atoms with Crippen LogP contribution in [0.2, 0.25) is 5.02 Å². The number of carbonyl (C=O) groups excluding carboxylic acids is 1. The first-order valence-electron chi connectivity index (χ1n) is 5.49. The highest BCUT2D eigenvalue weighted by Gasteiger charge is 2.11. The number of hydrogen-bond acceptors (Lipinski definition) is 3. The molecule has 1 amide bonds. The van der Waals surface area contributed by atoms with Gasteiger partial charge in [-0.05, 0) is 25.1 Å². The van der Waals surface area contributed by atoms with Crippen LogP contribution in [0.3, 0.4) is 0 Å². The topological polar surface area (TPSA) is 72.9 Å². The van der Waals surface area contributed by atoms with Crippen LogP contribution in [0, 0.1) is 0 Å². The van der Waals surface area contributed by atoms with Gasteiger partial charge in [-0.3, -0.25) is 9.48 Å². The van der Waals surface area contributed by atoms with Gasteiger partial charge >= 0.3 is 0 Å². The average molecular weight is 265 g/mol. The van der Waals surface area contributed by atoms with Crippen molar-refractivity contribution in [3.63, 3.8) is 0 Å². The minimum absolute atomic E-state index is 0.282. The van der Waals surface area contributed by atoms with Crippen LogP contribution in [0.4, 0.5) is 11.4 Å². The van der Waals surface area contributed by atoms with E-state index in [9.17, 15) is 4.79 Å². The Labute approximate surface area is 110 Å². The van der Waals surface area contributed by atoms with Crippen molar-refractivity contribution in [3.8, 4) is 0 Å². The Morgan fingerprint density at radius 2 is 2.33 bits per heavy atom. The van der Waals surface area contributed by atoms with Crippen LogP contribution >= 0.6 is 11.6 Å². The number of amides is 1. The number of carbonyl (C=O) groups is 1. The SMILES string of the molecule is CCn1cc(NC(=O)c2ccc(N)cc2Cl)cn1. The summed E-state index contributed by atoms with van der Waals surface area (Å²) in [6.45, 7) is 2.72. The van der Waals surface area contributed by atoms with Gasteiger partial charge in [-0.1, -0.05) is 11.6 Å². The summed E-state index contributed by atoms with van der Waals surface area (Å²) in [4.78, 5) is 12.0. The van der Waals surface area contributed by atoms with Crippen LogP contribution < -0.4 is 11.1 Å². The molecule has 0 unspecified atom stereocenters. The normalized spacial score (nSPS) is 10.3. The standard InChI is InChI=1S/C12H13ClN4O/c1-2-17-7-9(6-15-17)16-12(18)10-4-3-8(14)5-11(10)13/h3-7H,2,14H2,1H3,(H,16,18). The second kappa shape index (κ2) is 5.10. The van der Waals surface area contributed by atoms with Gasteiger partial charge in [0.25, 0.3) is 5.91 Å². The maximum Gasteiger partial charge on any atom is 0.257 e. The molecule has 2 rings (SSSR count). The van der Waals surface area contributed by atoms with E-state index in [0.717, 1.165) is 6.54 Å². The molecule has 0 atom stereocenters. The quantitative estimate of drug-likeness (QED) is 0.836. The molecule has 0 aliphatic rings. The molecule has 0 fully saturated rings. The van der Waals surface area contributed by atoms with Crippen LogP contribution in [0.1, 0.15) is 17.3 Å². The maximum atomic E-state index is 12.0. The lowest BCUT2D eigenvalue weighted by Gasteiger charge is -2.05. The third-order valence-corrected chi connectivity index (χ3v) is 2.77. The number of nitrogen functional groups attached to an aromatic ring is 1. The number of rotatable bonds is 3.